The molecule has 2 aromatic carbocycles. The Morgan fingerprint density at radius 2 is 1.63 bits per heavy atom. The summed E-state index contributed by atoms with van der Waals surface area (Å²) in [7, 11) is 0. The lowest BCUT2D eigenvalue weighted by molar-refractivity contribution is -0.122. The van der Waals surface area contributed by atoms with Crippen LogP contribution in [-0.4, -0.2) is 19.0 Å². The number of fused-ring (bicyclic) bond motifs is 3. The van der Waals surface area contributed by atoms with E-state index in [1.807, 2.05) is 24.3 Å². The summed E-state index contributed by atoms with van der Waals surface area (Å²) in [5.74, 6) is -0.240. The molecule has 3 nitrogen and oxygen atoms in total. The van der Waals surface area contributed by atoms with Crippen molar-refractivity contribution in [1.29, 1.82) is 0 Å². The molecule has 0 heterocycles. The lowest BCUT2D eigenvalue weighted by Crippen LogP contribution is -2.40. The van der Waals surface area contributed by atoms with Crippen molar-refractivity contribution in [2.75, 3.05) is 13.1 Å². The lowest BCUT2D eigenvalue weighted by Gasteiger charge is -2.28. The zero-order valence-electron chi connectivity index (χ0n) is 16.2. The quantitative estimate of drug-likeness (QED) is 0.481. The van der Waals surface area contributed by atoms with Crippen LogP contribution in [0.1, 0.15) is 50.2 Å². The average Bonchev–Trinajstić information content (AvgIpc) is 2.98. The van der Waals surface area contributed by atoms with Crippen LogP contribution in [0.15, 0.2) is 60.7 Å². The molecular formula is C24H30N2O. The third kappa shape index (κ3) is 3.84. The molecule has 0 fully saturated rings. The number of carbonyl (C=O) groups is 1. The summed E-state index contributed by atoms with van der Waals surface area (Å²) in [5, 5.41) is 3.45. The molecule has 142 valence electrons. The van der Waals surface area contributed by atoms with E-state index >= 15 is 0 Å². The van der Waals surface area contributed by atoms with Crippen molar-refractivity contribution in [3.05, 3.63) is 71.8 Å². The summed E-state index contributed by atoms with van der Waals surface area (Å²) in [6.45, 7) is 4.05. The average molecular weight is 363 g/mol. The number of allylic oxidation sites excluding steroid dienone is 1. The minimum absolute atomic E-state index is 0.240. The van der Waals surface area contributed by atoms with E-state index in [-0.39, 0.29) is 5.91 Å². The molecule has 0 unspecified atom stereocenters. The molecule has 0 aromatic heterocycles. The van der Waals surface area contributed by atoms with Gasteiger partial charge in [-0.05, 0) is 48.1 Å². The highest BCUT2D eigenvalue weighted by Gasteiger charge is 2.47. The summed E-state index contributed by atoms with van der Waals surface area (Å²) in [6, 6.07) is 16.4. The number of primary amides is 1. The van der Waals surface area contributed by atoms with E-state index in [0.29, 0.717) is 0 Å². The predicted molar refractivity (Wildman–Crippen MR) is 113 cm³/mol. The van der Waals surface area contributed by atoms with Crippen LogP contribution in [0.4, 0.5) is 0 Å². The van der Waals surface area contributed by atoms with Gasteiger partial charge < -0.3 is 11.1 Å². The van der Waals surface area contributed by atoms with Gasteiger partial charge in [-0.15, -0.1) is 0 Å². The first-order valence-corrected chi connectivity index (χ1v) is 10.1. The summed E-state index contributed by atoms with van der Waals surface area (Å²) in [5.41, 5.74) is 9.72. The van der Waals surface area contributed by atoms with Gasteiger partial charge in [-0.25, -0.2) is 0 Å². The normalized spacial score (nSPS) is 14.3. The van der Waals surface area contributed by atoms with Gasteiger partial charge in [-0.3, -0.25) is 4.79 Å². The maximum absolute atomic E-state index is 12.7. The number of unbranched alkanes of at least 4 members (excludes halogenated alkanes) is 2. The first kappa shape index (κ1) is 19.4. The Morgan fingerprint density at radius 3 is 2.22 bits per heavy atom. The summed E-state index contributed by atoms with van der Waals surface area (Å²) >= 11 is 0. The number of nitrogens with two attached hydrogens (primary N) is 1. The molecule has 2 aromatic rings. The first-order valence-electron chi connectivity index (χ1n) is 10.1. The maximum Gasteiger partial charge on any atom is 0.232 e. The minimum Gasteiger partial charge on any atom is -0.369 e. The van der Waals surface area contributed by atoms with Crippen molar-refractivity contribution in [3.8, 4) is 11.1 Å². The fourth-order valence-corrected chi connectivity index (χ4v) is 4.18. The van der Waals surface area contributed by atoms with E-state index in [1.165, 1.54) is 6.42 Å². The molecule has 0 aliphatic heterocycles. The van der Waals surface area contributed by atoms with Gasteiger partial charge in [-0.2, -0.15) is 0 Å². The van der Waals surface area contributed by atoms with Gasteiger partial charge in [0.2, 0.25) is 5.91 Å². The van der Waals surface area contributed by atoms with Crippen LogP contribution in [0.3, 0.4) is 0 Å². The molecule has 0 saturated heterocycles. The van der Waals surface area contributed by atoms with Gasteiger partial charge >= 0.3 is 0 Å². The van der Waals surface area contributed by atoms with Crippen LogP contribution >= 0.6 is 0 Å². The van der Waals surface area contributed by atoms with E-state index in [1.54, 1.807) is 0 Å². The summed E-state index contributed by atoms with van der Waals surface area (Å²) in [4.78, 5) is 12.7. The highest BCUT2D eigenvalue weighted by atomic mass is 16.1. The van der Waals surface area contributed by atoms with Crippen LogP contribution in [0, 0.1) is 0 Å². The van der Waals surface area contributed by atoms with Crippen molar-refractivity contribution in [2.24, 2.45) is 5.73 Å². The molecule has 0 bridgehead atoms. The molecular weight excluding hydrogens is 332 g/mol. The van der Waals surface area contributed by atoms with Crippen LogP contribution < -0.4 is 11.1 Å². The van der Waals surface area contributed by atoms with Gasteiger partial charge in [-0.1, -0.05) is 80.4 Å². The number of hydrogen-bond acceptors (Lipinski definition) is 2. The van der Waals surface area contributed by atoms with Crippen LogP contribution in [0.25, 0.3) is 11.1 Å². The molecule has 0 saturated carbocycles. The Kier molecular flexibility index (Phi) is 6.46. The first-order chi connectivity index (χ1) is 13.2. The number of benzene rings is 2. The Morgan fingerprint density at radius 1 is 1.00 bits per heavy atom. The summed E-state index contributed by atoms with van der Waals surface area (Å²) < 4.78 is 0. The highest BCUT2D eigenvalue weighted by Crippen LogP contribution is 2.51. The van der Waals surface area contributed by atoms with E-state index in [0.717, 1.165) is 61.0 Å². The third-order valence-electron chi connectivity index (χ3n) is 5.52. The van der Waals surface area contributed by atoms with E-state index in [2.05, 4.69) is 48.7 Å². The van der Waals surface area contributed by atoms with Crippen molar-refractivity contribution in [2.45, 2.75) is 44.4 Å². The predicted octanol–water partition coefficient (Wildman–Crippen LogP) is 4.55. The third-order valence-corrected chi connectivity index (χ3v) is 5.52. The fraction of sp³-hybridized carbons (Fsp3) is 0.375. The standard InChI is InChI=1S/C24H30N2O/c1-2-3-4-10-17-26-18-11-9-16-24(23(25)27)21-14-7-5-12-19(21)20-13-6-8-15-22(20)24/h4-8,10,12-15,26H,2-3,9,11,16-18H2,1H3,(H2,25,27)/b10-4+. The highest BCUT2D eigenvalue weighted by molar-refractivity contribution is 5.99. The van der Waals surface area contributed by atoms with Gasteiger partial charge in [0, 0.05) is 6.54 Å². The van der Waals surface area contributed by atoms with Crippen molar-refractivity contribution in [3.63, 3.8) is 0 Å². The molecule has 1 aliphatic carbocycles. The zero-order valence-corrected chi connectivity index (χ0v) is 16.2. The number of amides is 1. The molecule has 0 atom stereocenters. The Balaban J connectivity index is 1.69. The van der Waals surface area contributed by atoms with E-state index < -0.39 is 5.41 Å². The van der Waals surface area contributed by atoms with E-state index in [4.69, 9.17) is 5.73 Å². The van der Waals surface area contributed by atoms with E-state index in [9.17, 15) is 4.79 Å². The van der Waals surface area contributed by atoms with Crippen molar-refractivity contribution in [1.82, 2.24) is 5.32 Å². The Hall–Kier alpha value is -2.39. The van der Waals surface area contributed by atoms with Crippen molar-refractivity contribution < 1.29 is 4.79 Å². The smallest absolute Gasteiger partial charge is 0.232 e. The molecule has 0 radical (unpaired) electrons. The molecule has 3 rings (SSSR count). The number of nitrogens with one attached hydrogen (secondary N) is 1. The molecule has 0 spiro atoms. The number of hydrogen-bond donors (Lipinski definition) is 2. The van der Waals surface area contributed by atoms with Crippen LogP contribution in [0.2, 0.25) is 0 Å². The largest absolute Gasteiger partial charge is 0.369 e. The maximum atomic E-state index is 12.7. The Bertz CT molecular complexity index is 764. The molecule has 3 heteroatoms. The lowest BCUT2D eigenvalue weighted by atomic mass is 9.73. The van der Waals surface area contributed by atoms with Gasteiger partial charge in [0.15, 0.2) is 0 Å². The van der Waals surface area contributed by atoms with Crippen LogP contribution in [-0.2, 0) is 10.2 Å². The second kappa shape index (κ2) is 9.01. The van der Waals surface area contributed by atoms with Gasteiger partial charge in [0.05, 0.1) is 5.41 Å². The fourth-order valence-electron chi connectivity index (χ4n) is 4.18. The number of rotatable bonds is 10. The van der Waals surface area contributed by atoms with Gasteiger partial charge in [0.25, 0.3) is 0 Å². The Labute approximate surface area is 162 Å². The molecule has 1 amide bonds. The molecule has 1 aliphatic rings. The number of carbonyl (C=O) groups excluding carboxylic acids is 1. The molecule has 27 heavy (non-hydrogen) atoms. The van der Waals surface area contributed by atoms with Crippen molar-refractivity contribution >= 4 is 5.91 Å². The van der Waals surface area contributed by atoms with Gasteiger partial charge in [0.1, 0.15) is 0 Å². The van der Waals surface area contributed by atoms with Crippen LogP contribution in [0.5, 0.6) is 0 Å². The second-order valence-corrected chi connectivity index (χ2v) is 7.28. The summed E-state index contributed by atoms with van der Waals surface area (Å²) in [6.07, 6.45) is 9.48. The monoisotopic (exact) mass is 362 g/mol. The minimum atomic E-state index is -0.700. The second-order valence-electron chi connectivity index (χ2n) is 7.28. The molecule has 3 N–H and O–H groups in total. The zero-order chi connectivity index (χ0) is 19.1. The topological polar surface area (TPSA) is 55.1 Å². The SMILES string of the molecule is CCC/C=C/CNCCCCC1(C(N)=O)c2ccccc2-c2ccccc21.